The number of fused-ring (bicyclic) bond motifs is 1. The van der Waals surface area contributed by atoms with Crippen molar-refractivity contribution in [3.05, 3.63) is 40.5 Å². The van der Waals surface area contributed by atoms with Crippen LogP contribution in [0.15, 0.2) is 24.8 Å². The van der Waals surface area contributed by atoms with Crippen LogP contribution in [0.3, 0.4) is 0 Å². The Hall–Kier alpha value is -2.57. The molecule has 0 saturated carbocycles. The molecule has 0 spiro atoms. The standard InChI is InChI=1S/C12H12N2O5/c1-2-3-13-12(15)8-6-10-11(19-5-4-18-10)7-9(8)14(16)17/h2,6-7H,1,3-5H2,(H,13,15). The van der Waals surface area contributed by atoms with Crippen LogP contribution in [-0.2, 0) is 0 Å². The SMILES string of the molecule is C=CCNC(=O)c1cc2c(cc1[N+](=O)[O-])OCCO2. The van der Waals surface area contributed by atoms with E-state index >= 15 is 0 Å². The highest BCUT2D eigenvalue weighted by atomic mass is 16.6. The molecule has 1 aromatic rings. The van der Waals surface area contributed by atoms with E-state index in [0.717, 1.165) is 0 Å². The summed E-state index contributed by atoms with van der Waals surface area (Å²) in [6.45, 7) is 4.36. The van der Waals surface area contributed by atoms with Crippen molar-refractivity contribution in [2.75, 3.05) is 19.8 Å². The molecule has 0 bridgehead atoms. The lowest BCUT2D eigenvalue weighted by Gasteiger charge is -2.18. The van der Waals surface area contributed by atoms with Gasteiger partial charge in [-0.1, -0.05) is 6.08 Å². The predicted octanol–water partition coefficient (Wildman–Crippen LogP) is 1.28. The van der Waals surface area contributed by atoms with E-state index in [9.17, 15) is 14.9 Å². The van der Waals surface area contributed by atoms with Gasteiger partial charge in [0, 0.05) is 12.6 Å². The summed E-state index contributed by atoms with van der Waals surface area (Å²) in [5, 5.41) is 13.5. The lowest BCUT2D eigenvalue weighted by Crippen LogP contribution is -2.25. The molecule has 1 aliphatic rings. The first kappa shape index (κ1) is 12.9. The highest BCUT2D eigenvalue weighted by Gasteiger charge is 2.25. The fourth-order valence-corrected chi connectivity index (χ4v) is 1.67. The van der Waals surface area contributed by atoms with E-state index in [-0.39, 0.29) is 23.5 Å². The van der Waals surface area contributed by atoms with E-state index in [1.54, 1.807) is 0 Å². The molecule has 100 valence electrons. The van der Waals surface area contributed by atoms with Crippen molar-refractivity contribution < 1.29 is 19.2 Å². The Kier molecular flexibility index (Phi) is 3.65. The van der Waals surface area contributed by atoms with Crippen LogP contribution in [0.2, 0.25) is 0 Å². The minimum atomic E-state index is -0.624. The molecule has 0 unspecified atom stereocenters. The van der Waals surface area contributed by atoms with Crippen molar-refractivity contribution in [1.29, 1.82) is 0 Å². The van der Waals surface area contributed by atoms with Gasteiger partial charge < -0.3 is 14.8 Å². The van der Waals surface area contributed by atoms with Crippen LogP contribution in [0, 0.1) is 10.1 Å². The lowest BCUT2D eigenvalue weighted by atomic mass is 10.1. The second kappa shape index (κ2) is 5.38. The molecule has 0 aliphatic carbocycles. The number of hydrogen-bond acceptors (Lipinski definition) is 5. The van der Waals surface area contributed by atoms with E-state index in [1.165, 1.54) is 18.2 Å². The van der Waals surface area contributed by atoms with Crippen LogP contribution in [0.1, 0.15) is 10.4 Å². The first-order valence-electron chi connectivity index (χ1n) is 5.60. The Morgan fingerprint density at radius 1 is 1.42 bits per heavy atom. The molecule has 2 rings (SSSR count). The molecule has 7 nitrogen and oxygen atoms in total. The molecule has 0 fully saturated rings. The van der Waals surface area contributed by atoms with Gasteiger partial charge in [-0.3, -0.25) is 14.9 Å². The minimum absolute atomic E-state index is 0.0592. The maximum Gasteiger partial charge on any atom is 0.286 e. The summed E-state index contributed by atoms with van der Waals surface area (Å²) in [5.41, 5.74) is -0.373. The van der Waals surface area contributed by atoms with Gasteiger partial charge in [0.1, 0.15) is 18.8 Å². The van der Waals surface area contributed by atoms with E-state index in [2.05, 4.69) is 11.9 Å². The Balaban J connectivity index is 2.42. The fourth-order valence-electron chi connectivity index (χ4n) is 1.67. The van der Waals surface area contributed by atoms with Crippen LogP contribution in [0.25, 0.3) is 0 Å². The van der Waals surface area contributed by atoms with Gasteiger partial charge in [-0.25, -0.2) is 0 Å². The Bertz CT molecular complexity index is 541. The molecule has 1 amide bonds. The molecule has 0 aromatic heterocycles. The molecule has 1 heterocycles. The third-order valence-electron chi connectivity index (χ3n) is 2.51. The number of carbonyl (C=O) groups is 1. The smallest absolute Gasteiger partial charge is 0.286 e. The summed E-state index contributed by atoms with van der Waals surface area (Å²) in [4.78, 5) is 22.2. The highest BCUT2D eigenvalue weighted by Crippen LogP contribution is 2.36. The van der Waals surface area contributed by atoms with Crippen molar-refractivity contribution in [3.63, 3.8) is 0 Å². The van der Waals surface area contributed by atoms with E-state index in [4.69, 9.17) is 9.47 Å². The van der Waals surface area contributed by atoms with Crippen molar-refractivity contribution in [1.82, 2.24) is 5.32 Å². The van der Waals surface area contributed by atoms with Crippen LogP contribution in [0.5, 0.6) is 11.5 Å². The first-order valence-corrected chi connectivity index (χ1v) is 5.60. The van der Waals surface area contributed by atoms with Gasteiger partial charge in [0.15, 0.2) is 11.5 Å². The number of nitrogens with zero attached hydrogens (tertiary/aromatic N) is 1. The number of nitro benzene ring substituents is 1. The van der Waals surface area contributed by atoms with E-state index in [1.807, 2.05) is 0 Å². The molecular weight excluding hydrogens is 252 g/mol. The van der Waals surface area contributed by atoms with E-state index < -0.39 is 10.8 Å². The fraction of sp³-hybridized carbons (Fsp3) is 0.250. The number of hydrogen-bond donors (Lipinski definition) is 1. The number of rotatable bonds is 4. The highest BCUT2D eigenvalue weighted by molar-refractivity contribution is 5.99. The monoisotopic (exact) mass is 264 g/mol. The third kappa shape index (κ3) is 2.65. The summed E-state index contributed by atoms with van der Waals surface area (Å²) in [5.74, 6) is 0.0578. The summed E-state index contributed by atoms with van der Waals surface area (Å²) in [6, 6.07) is 2.53. The molecular formula is C12H12N2O5. The average Bonchev–Trinajstić information content (AvgIpc) is 2.43. The Labute approximate surface area is 109 Å². The second-order valence-corrected chi connectivity index (χ2v) is 3.77. The third-order valence-corrected chi connectivity index (χ3v) is 2.51. The molecule has 1 N–H and O–H groups in total. The predicted molar refractivity (Wildman–Crippen MR) is 66.6 cm³/mol. The summed E-state index contributed by atoms with van der Waals surface area (Å²) in [6.07, 6.45) is 1.49. The lowest BCUT2D eigenvalue weighted by molar-refractivity contribution is -0.385. The topological polar surface area (TPSA) is 90.7 Å². The Morgan fingerprint density at radius 2 is 2.05 bits per heavy atom. The number of benzene rings is 1. The molecule has 0 saturated heterocycles. The largest absolute Gasteiger partial charge is 0.486 e. The zero-order valence-electron chi connectivity index (χ0n) is 10.0. The number of nitro groups is 1. The first-order chi connectivity index (χ1) is 9.13. The number of ether oxygens (including phenoxy) is 2. The van der Waals surface area contributed by atoms with Gasteiger partial charge in [0.25, 0.3) is 11.6 Å². The maximum atomic E-state index is 11.9. The zero-order valence-corrected chi connectivity index (χ0v) is 10.0. The van der Waals surface area contributed by atoms with Crippen LogP contribution < -0.4 is 14.8 Å². The van der Waals surface area contributed by atoms with E-state index in [0.29, 0.717) is 19.0 Å². The molecule has 1 aliphatic heterocycles. The minimum Gasteiger partial charge on any atom is -0.486 e. The number of carbonyl (C=O) groups excluding carboxylic acids is 1. The van der Waals surface area contributed by atoms with Gasteiger partial charge in [-0.2, -0.15) is 0 Å². The molecule has 1 aromatic carbocycles. The number of nitrogens with one attached hydrogen (secondary N) is 1. The number of amides is 1. The van der Waals surface area contributed by atoms with Gasteiger partial charge in [0.2, 0.25) is 0 Å². The Morgan fingerprint density at radius 3 is 2.63 bits per heavy atom. The van der Waals surface area contributed by atoms with Crippen molar-refractivity contribution in [2.24, 2.45) is 0 Å². The van der Waals surface area contributed by atoms with Gasteiger partial charge in [-0.05, 0) is 0 Å². The van der Waals surface area contributed by atoms with Crippen LogP contribution >= 0.6 is 0 Å². The molecule has 0 atom stereocenters. The molecule has 7 heteroatoms. The van der Waals surface area contributed by atoms with Gasteiger partial charge in [0.05, 0.1) is 11.0 Å². The second-order valence-electron chi connectivity index (χ2n) is 3.77. The maximum absolute atomic E-state index is 11.9. The summed E-state index contributed by atoms with van der Waals surface area (Å²) in [7, 11) is 0. The van der Waals surface area contributed by atoms with Crippen molar-refractivity contribution in [2.45, 2.75) is 0 Å². The molecule has 0 radical (unpaired) electrons. The molecule has 19 heavy (non-hydrogen) atoms. The van der Waals surface area contributed by atoms with Crippen molar-refractivity contribution in [3.8, 4) is 11.5 Å². The summed E-state index contributed by atoms with van der Waals surface area (Å²) >= 11 is 0. The quantitative estimate of drug-likeness (QED) is 0.502. The van der Waals surface area contributed by atoms with Gasteiger partial charge in [-0.15, -0.1) is 6.58 Å². The van der Waals surface area contributed by atoms with Crippen LogP contribution in [0.4, 0.5) is 5.69 Å². The summed E-state index contributed by atoms with van der Waals surface area (Å²) < 4.78 is 10.6. The van der Waals surface area contributed by atoms with Gasteiger partial charge >= 0.3 is 0 Å². The average molecular weight is 264 g/mol. The van der Waals surface area contributed by atoms with Crippen LogP contribution in [-0.4, -0.2) is 30.6 Å². The normalized spacial score (nSPS) is 12.6. The zero-order chi connectivity index (χ0) is 13.8. The van der Waals surface area contributed by atoms with Crippen molar-refractivity contribution >= 4 is 11.6 Å².